The smallest absolute Gasteiger partial charge is 0.252 e. The molecule has 166 valence electrons. The van der Waals surface area contributed by atoms with Crippen LogP contribution in [0.5, 0.6) is 0 Å². The number of anilines is 1. The van der Waals surface area contributed by atoms with E-state index in [9.17, 15) is 9.59 Å². The van der Waals surface area contributed by atoms with E-state index in [2.05, 4.69) is 46.7 Å². The van der Waals surface area contributed by atoms with Crippen molar-refractivity contribution in [1.29, 1.82) is 0 Å². The summed E-state index contributed by atoms with van der Waals surface area (Å²) >= 11 is 0. The molecule has 2 atom stereocenters. The van der Waals surface area contributed by atoms with Crippen LogP contribution in [0.4, 0.5) is 5.69 Å². The maximum absolute atomic E-state index is 13.1. The van der Waals surface area contributed by atoms with Crippen LogP contribution >= 0.6 is 0 Å². The second kappa shape index (κ2) is 9.53. The molecule has 5 heteroatoms. The van der Waals surface area contributed by atoms with Gasteiger partial charge in [0.2, 0.25) is 5.91 Å². The van der Waals surface area contributed by atoms with Crippen molar-refractivity contribution >= 4 is 28.3 Å². The monoisotopic (exact) mass is 429 g/mol. The van der Waals surface area contributed by atoms with Crippen LogP contribution < -0.4 is 10.6 Å². The molecule has 0 unspecified atom stereocenters. The maximum atomic E-state index is 13.1. The molecular formula is C27H31N3O2. The number of hydrogen-bond donors (Lipinski definition) is 2. The molecule has 2 amide bonds. The predicted octanol–water partition coefficient (Wildman–Crippen LogP) is 5.06. The molecule has 1 saturated heterocycles. The Kier molecular flexibility index (Phi) is 6.56. The fourth-order valence-corrected chi connectivity index (χ4v) is 4.65. The normalized spacial score (nSPS) is 17.3. The molecule has 0 saturated carbocycles. The number of rotatable bonds is 6. The summed E-state index contributed by atoms with van der Waals surface area (Å²) in [5.41, 5.74) is 3.20. The van der Waals surface area contributed by atoms with E-state index in [1.165, 1.54) is 0 Å². The summed E-state index contributed by atoms with van der Waals surface area (Å²) in [6, 6.07) is 19.6. The Hall–Kier alpha value is -3.18. The molecule has 3 aromatic rings. The minimum Gasteiger partial charge on any atom is -0.345 e. The first kappa shape index (κ1) is 22.0. The van der Waals surface area contributed by atoms with Gasteiger partial charge in [0, 0.05) is 11.3 Å². The lowest BCUT2D eigenvalue weighted by atomic mass is 9.99. The van der Waals surface area contributed by atoms with Crippen molar-refractivity contribution in [3.63, 3.8) is 0 Å². The molecule has 1 heterocycles. The third kappa shape index (κ3) is 4.53. The van der Waals surface area contributed by atoms with Crippen LogP contribution in [0, 0.1) is 6.92 Å². The van der Waals surface area contributed by atoms with Gasteiger partial charge in [-0.25, -0.2) is 0 Å². The van der Waals surface area contributed by atoms with Gasteiger partial charge in [0.05, 0.1) is 12.1 Å². The Morgan fingerprint density at radius 1 is 1.09 bits per heavy atom. The van der Waals surface area contributed by atoms with Crippen molar-refractivity contribution in [2.45, 2.75) is 45.7 Å². The van der Waals surface area contributed by atoms with Crippen molar-refractivity contribution in [3.8, 4) is 0 Å². The number of nitrogens with zero attached hydrogens (tertiary/aromatic N) is 1. The molecule has 3 aromatic carbocycles. The summed E-state index contributed by atoms with van der Waals surface area (Å²) in [7, 11) is 0. The molecule has 1 fully saturated rings. The number of likely N-dealkylation sites (tertiary alicyclic amines) is 1. The van der Waals surface area contributed by atoms with Crippen molar-refractivity contribution < 1.29 is 9.59 Å². The molecule has 0 aromatic heterocycles. The molecule has 0 bridgehead atoms. The molecule has 0 aliphatic carbocycles. The summed E-state index contributed by atoms with van der Waals surface area (Å²) < 4.78 is 0. The van der Waals surface area contributed by atoms with Gasteiger partial charge in [-0.1, -0.05) is 55.5 Å². The van der Waals surface area contributed by atoms with Crippen LogP contribution in [0.2, 0.25) is 0 Å². The van der Waals surface area contributed by atoms with E-state index in [-0.39, 0.29) is 23.9 Å². The first-order valence-electron chi connectivity index (χ1n) is 11.4. The van der Waals surface area contributed by atoms with Crippen LogP contribution in [0.1, 0.15) is 54.2 Å². The summed E-state index contributed by atoms with van der Waals surface area (Å²) in [5.74, 6) is -0.140. The van der Waals surface area contributed by atoms with Crippen LogP contribution in [0.15, 0.2) is 60.7 Å². The van der Waals surface area contributed by atoms with Gasteiger partial charge in [0.25, 0.3) is 5.91 Å². The van der Waals surface area contributed by atoms with Crippen molar-refractivity contribution in [2.75, 3.05) is 18.4 Å². The predicted molar refractivity (Wildman–Crippen MR) is 130 cm³/mol. The van der Waals surface area contributed by atoms with E-state index >= 15 is 0 Å². The van der Waals surface area contributed by atoms with Gasteiger partial charge in [-0.05, 0) is 73.8 Å². The number of fused-ring (bicyclic) bond motifs is 1. The Morgan fingerprint density at radius 2 is 1.88 bits per heavy atom. The number of carbonyl (C=O) groups is 2. The largest absolute Gasteiger partial charge is 0.345 e. The van der Waals surface area contributed by atoms with Crippen LogP contribution in [0.25, 0.3) is 10.8 Å². The quantitative estimate of drug-likeness (QED) is 0.576. The lowest BCUT2D eigenvalue weighted by Gasteiger charge is -2.22. The number of benzene rings is 3. The zero-order chi connectivity index (χ0) is 22.7. The number of carbonyl (C=O) groups excluding carboxylic acids is 2. The Bertz CT molecular complexity index is 1140. The highest BCUT2D eigenvalue weighted by molar-refractivity contribution is 6.00. The topological polar surface area (TPSA) is 61.4 Å². The van der Waals surface area contributed by atoms with Crippen molar-refractivity contribution in [1.82, 2.24) is 10.2 Å². The first-order valence-corrected chi connectivity index (χ1v) is 11.4. The summed E-state index contributed by atoms with van der Waals surface area (Å²) in [4.78, 5) is 28.1. The second-order valence-corrected chi connectivity index (χ2v) is 8.57. The number of hydrogen-bond acceptors (Lipinski definition) is 3. The van der Waals surface area contributed by atoms with Gasteiger partial charge in [-0.3, -0.25) is 14.5 Å². The number of likely N-dealkylation sites (N-methyl/N-ethyl adjacent to an activating group) is 1. The third-order valence-corrected chi connectivity index (χ3v) is 6.46. The molecule has 0 radical (unpaired) electrons. The third-order valence-electron chi connectivity index (χ3n) is 6.46. The molecule has 0 spiro atoms. The molecule has 32 heavy (non-hydrogen) atoms. The van der Waals surface area contributed by atoms with Gasteiger partial charge in [0.1, 0.15) is 0 Å². The zero-order valence-electron chi connectivity index (χ0n) is 19.0. The standard InChI is InChI=1S/C27H31N3O2/c1-4-30-16-8-13-25(30)27(32)29-21-15-14-18(2)24(17-21)26(31)28-19(3)22-12-7-10-20-9-5-6-11-23(20)22/h5-7,9-12,14-15,17,19,25H,4,8,13,16H2,1-3H3,(H,28,31)(H,29,32)/t19-,25+/m1/s1. The number of nitrogens with one attached hydrogen (secondary N) is 2. The average molecular weight is 430 g/mol. The van der Waals surface area contributed by atoms with E-state index in [1.54, 1.807) is 6.07 Å². The van der Waals surface area contributed by atoms with Gasteiger partial charge in [0.15, 0.2) is 0 Å². The molecule has 4 rings (SSSR count). The first-order chi connectivity index (χ1) is 15.5. The van der Waals surface area contributed by atoms with Gasteiger partial charge in [-0.15, -0.1) is 0 Å². The molecule has 5 nitrogen and oxygen atoms in total. The second-order valence-electron chi connectivity index (χ2n) is 8.57. The summed E-state index contributed by atoms with van der Waals surface area (Å²) in [5, 5.41) is 8.45. The Balaban J connectivity index is 1.50. The number of amides is 2. The lowest BCUT2D eigenvalue weighted by Crippen LogP contribution is -2.39. The molecule has 2 N–H and O–H groups in total. The summed E-state index contributed by atoms with van der Waals surface area (Å²) in [6.07, 6.45) is 1.92. The van der Waals surface area contributed by atoms with E-state index in [1.807, 2.05) is 44.2 Å². The molecule has 1 aliphatic heterocycles. The van der Waals surface area contributed by atoms with E-state index in [4.69, 9.17) is 0 Å². The van der Waals surface area contributed by atoms with E-state index in [0.717, 1.165) is 47.8 Å². The molecule has 1 aliphatic rings. The van der Waals surface area contributed by atoms with Gasteiger partial charge >= 0.3 is 0 Å². The summed E-state index contributed by atoms with van der Waals surface area (Å²) in [6.45, 7) is 7.82. The Morgan fingerprint density at radius 3 is 2.69 bits per heavy atom. The zero-order valence-corrected chi connectivity index (χ0v) is 19.0. The van der Waals surface area contributed by atoms with Gasteiger partial charge < -0.3 is 10.6 Å². The van der Waals surface area contributed by atoms with Crippen molar-refractivity contribution in [2.24, 2.45) is 0 Å². The van der Waals surface area contributed by atoms with Crippen molar-refractivity contribution in [3.05, 3.63) is 77.4 Å². The fourth-order valence-electron chi connectivity index (χ4n) is 4.65. The average Bonchev–Trinajstić information content (AvgIpc) is 3.29. The lowest BCUT2D eigenvalue weighted by molar-refractivity contribution is -0.120. The van der Waals surface area contributed by atoms with Crippen LogP contribution in [-0.2, 0) is 4.79 Å². The highest BCUT2D eigenvalue weighted by atomic mass is 16.2. The SMILES string of the molecule is CCN1CCC[C@H]1C(=O)Nc1ccc(C)c(C(=O)N[C@H](C)c2cccc3ccccc23)c1. The van der Waals surface area contributed by atoms with Gasteiger partial charge in [-0.2, -0.15) is 0 Å². The Labute approximate surface area is 189 Å². The minimum atomic E-state index is -0.150. The van der Waals surface area contributed by atoms with Crippen LogP contribution in [0.3, 0.4) is 0 Å². The highest BCUT2D eigenvalue weighted by Crippen LogP contribution is 2.25. The van der Waals surface area contributed by atoms with Crippen LogP contribution in [-0.4, -0.2) is 35.8 Å². The molecular weight excluding hydrogens is 398 g/mol. The minimum absolute atomic E-state index is 0.00341. The number of aryl methyl sites for hydroxylation is 1. The maximum Gasteiger partial charge on any atom is 0.252 e. The highest BCUT2D eigenvalue weighted by Gasteiger charge is 2.29. The van der Waals surface area contributed by atoms with E-state index < -0.39 is 0 Å². The van der Waals surface area contributed by atoms with E-state index in [0.29, 0.717) is 11.3 Å². The fraction of sp³-hybridized carbons (Fsp3) is 0.333.